The van der Waals surface area contributed by atoms with Gasteiger partial charge >= 0.3 is 0 Å². The molecule has 0 saturated heterocycles. The van der Waals surface area contributed by atoms with Crippen LogP contribution in [-0.2, 0) is 20.1 Å². The molecule has 96 valence electrons. The predicted molar refractivity (Wildman–Crippen MR) is 69.1 cm³/mol. The molecule has 0 spiro atoms. The van der Waals surface area contributed by atoms with Crippen LogP contribution >= 0.6 is 0 Å². The Morgan fingerprint density at radius 1 is 1.44 bits per heavy atom. The highest BCUT2D eigenvalue weighted by atomic mass is 15.3. The molecule has 3 rings (SSSR count). The first kappa shape index (κ1) is 11.5. The van der Waals surface area contributed by atoms with Gasteiger partial charge in [0.1, 0.15) is 5.82 Å². The Morgan fingerprint density at radius 3 is 2.94 bits per heavy atom. The van der Waals surface area contributed by atoms with Crippen molar-refractivity contribution in [3.05, 3.63) is 35.7 Å². The van der Waals surface area contributed by atoms with E-state index < -0.39 is 0 Å². The van der Waals surface area contributed by atoms with Crippen LogP contribution in [0, 0.1) is 6.92 Å². The molecule has 0 aromatic carbocycles. The van der Waals surface area contributed by atoms with Crippen molar-refractivity contribution in [3.8, 4) is 0 Å². The van der Waals surface area contributed by atoms with Crippen molar-refractivity contribution in [1.82, 2.24) is 24.6 Å². The van der Waals surface area contributed by atoms with Gasteiger partial charge in [0.2, 0.25) is 0 Å². The van der Waals surface area contributed by atoms with Gasteiger partial charge in [-0.1, -0.05) is 0 Å². The van der Waals surface area contributed by atoms with Crippen molar-refractivity contribution in [2.75, 3.05) is 0 Å². The van der Waals surface area contributed by atoms with Crippen molar-refractivity contribution in [1.29, 1.82) is 0 Å². The van der Waals surface area contributed by atoms with Crippen molar-refractivity contribution in [2.24, 2.45) is 7.05 Å². The van der Waals surface area contributed by atoms with Gasteiger partial charge in [-0.15, -0.1) is 0 Å². The largest absolute Gasteiger partial charge is 0.328 e. The Balaban J connectivity index is 1.71. The Kier molecular flexibility index (Phi) is 2.91. The van der Waals surface area contributed by atoms with Crippen LogP contribution in [0.4, 0.5) is 0 Å². The van der Waals surface area contributed by atoms with Crippen molar-refractivity contribution in [3.63, 3.8) is 0 Å². The highest BCUT2D eigenvalue weighted by molar-refractivity contribution is 5.10. The molecule has 0 atom stereocenters. The zero-order chi connectivity index (χ0) is 12.5. The minimum Gasteiger partial charge on any atom is -0.328 e. The van der Waals surface area contributed by atoms with Gasteiger partial charge in [-0.05, 0) is 25.8 Å². The average molecular weight is 245 g/mol. The van der Waals surface area contributed by atoms with Crippen molar-refractivity contribution < 1.29 is 0 Å². The van der Waals surface area contributed by atoms with E-state index in [0.717, 1.165) is 24.6 Å². The van der Waals surface area contributed by atoms with Gasteiger partial charge in [0, 0.05) is 25.5 Å². The van der Waals surface area contributed by atoms with Gasteiger partial charge < -0.3 is 9.88 Å². The normalized spacial score (nSPS) is 15.2. The SMILES string of the molecule is Cc1cc(Cn2ccnc2CNC2CC2)n(C)n1. The van der Waals surface area contributed by atoms with Crippen LogP contribution in [0.1, 0.15) is 30.1 Å². The second-order valence-corrected chi connectivity index (χ2v) is 5.03. The standard InChI is InChI=1S/C13H19N5/c1-10-7-12(17(2)16-10)9-18-6-5-14-13(18)8-15-11-3-4-11/h5-7,11,15H,3-4,8-9H2,1-2H3. The van der Waals surface area contributed by atoms with E-state index in [1.807, 2.05) is 31.0 Å². The summed E-state index contributed by atoms with van der Waals surface area (Å²) in [6.07, 6.45) is 6.52. The third-order valence-corrected chi connectivity index (χ3v) is 3.36. The highest BCUT2D eigenvalue weighted by Crippen LogP contribution is 2.19. The second-order valence-electron chi connectivity index (χ2n) is 5.03. The lowest BCUT2D eigenvalue weighted by atomic mass is 10.3. The van der Waals surface area contributed by atoms with E-state index in [-0.39, 0.29) is 0 Å². The number of hydrogen-bond acceptors (Lipinski definition) is 3. The summed E-state index contributed by atoms with van der Waals surface area (Å²) in [5, 5.41) is 7.87. The maximum absolute atomic E-state index is 4.42. The summed E-state index contributed by atoms with van der Waals surface area (Å²) < 4.78 is 4.12. The maximum atomic E-state index is 4.42. The van der Waals surface area contributed by atoms with E-state index >= 15 is 0 Å². The number of imidazole rings is 1. The van der Waals surface area contributed by atoms with Crippen LogP contribution in [-0.4, -0.2) is 25.4 Å². The molecule has 0 radical (unpaired) electrons. The van der Waals surface area contributed by atoms with Crippen molar-refractivity contribution in [2.45, 2.75) is 38.9 Å². The van der Waals surface area contributed by atoms with E-state index in [1.165, 1.54) is 18.5 Å². The fourth-order valence-corrected chi connectivity index (χ4v) is 2.16. The fourth-order valence-electron chi connectivity index (χ4n) is 2.16. The first-order valence-electron chi connectivity index (χ1n) is 6.45. The summed E-state index contributed by atoms with van der Waals surface area (Å²) >= 11 is 0. The third-order valence-electron chi connectivity index (χ3n) is 3.36. The lowest BCUT2D eigenvalue weighted by Gasteiger charge is -2.08. The number of nitrogens with one attached hydrogen (secondary N) is 1. The molecule has 5 nitrogen and oxygen atoms in total. The van der Waals surface area contributed by atoms with Crippen LogP contribution < -0.4 is 5.32 Å². The number of hydrogen-bond donors (Lipinski definition) is 1. The summed E-state index contributed by atoms with van der Waals surface area (Å²) in [6, 6.07) is 2.84. The molecule has 1 saturated carbocycles. The summed E-state index contributed by atoms with van der Waals surface area (Å²) in [6.45, 7) is 3.71. The lowest BCUT2D eigenvalue weighted by Crippen LogP contribution is -2.19. The highest BCUT2D eigenvalue weighted by Gasteiger charge is 2.20. The van der Waals surface area contributed by atoms with E-state index in [1.54, 1.807) is 0 Å². The third kappa shape index (κ3) is 2.46. The van der Waals surface area contributed by atoms with Gasteiger partial charge in [-0.3, -0.25) is 4.68 Å². The Morgan fingerprint density at radius 2 is 2.28 bits per heavy atom. The zero-order valence-electron chi connectivity index (χ0n) is 10.9. The van der Waals surface area contributed by atoms with Gasteiger partial charge in [0.25, 0.3) is 0 Å². The molecule has 0 bridgehead atoms. The smallest absolute Gasteiger partial charge is 0.123 e. The Labute approximate surface area is 107 Å². The molecule has 1 fully saturated rings. The molecule has 2 heterocycles. The minimum atomic E-state index is 0.717. The van der Waals surface area contributed by atoms with E-state index in [4.69, 9.17) is 0 Å². The topological polar surface area (TPSA) is 47.7 Å². The molecule has 1 aliphatic rings. The molecule has 18 heavy (non-hydrogen) atoms. The van der Waals surface area contributed by atoms with Crippen LogP contribution in [0.15, 0.2) is 18.5 Å². The molecule has 1 N–H and O–H groups in total. The quantitative estimate of drug-likeness (QED) is 0.861. The van der Waals surface area contributed by atoms with Gasteiger partial charge in [-0.2, -0.15) is 5.10 Å². The summed E-state index contributed by atoms with van der Waals surface area (Å²) in [5.74, 6) is 1.10. The summed E-state index contributed by atoms with van der Waals surface area (Å²) in [5.41, 5.74) is 2.27. The van der Waals surface area contributed by atoms with Crippen molar-refractivity contribution >= 4 is 0 Å². The molecule has 1 aliphatic carbocycles. The van der Waals surface area contributed by atoms with Crippen LogP contribution in [0.3, 0.4) is 0 Å². The number of aromatic nitrogens is 4. The Bertz CT molecular complexity index is 535. The maximum Gasteiger partial charge on any atom is 0.123 e. The molecule has 5 heteroatoms. The van der Waals surface area contributed by atoms with Gasteiger partial charge in [0.05, 0.1) is 24.5 Å². The molecule has 0 amide bonds. The number of nitrogens with zero attached hydrogens (tertiary/aromatic N) is 4. The van der Waals surface area contributed by atoms with Crippen LogP contribution in [0.5, 0.6) is 0 Å². The fraction of sp³-hybridized carbons (Fsp3) is 0.538. The second kappa shape index (κ2) is 4.57. The molecule has 0 unspecified atom stereocenters. The first-order valence-corrected chi connectivity index (χ1v) is 6.45. The Hall–Kier alpha value is -1.62. The first-order chi connectivity index (χ1) is 8.72. The number of rotatable bonds is 5. The summed E-state index contributed by atoms with van der Waals surface area (Å²) in [4.78, 5) is 4.42. The zero-order valence-corrected chi connectivity index (χ0v) is 10.9. The minimum absolute atomic E-state index is 0.717. The van der Waals surface area contributed by atoms with Gasteiger partial charge in [0.15, 0.2) is 0 Å². The number of aryl methyl sites for hydroxylation is 2. The molecular weight excluding hydrogens is 226 g/mol. The van der Waals surface area contributed by atoms with E-state index in [0.29, 0.717) is 6.04 Å². The van der Waals surface area contributed by atoms with E-state index in [2.05, 4.69) is 26.0 Å². The lowest BCUT2D eigenvalue weighted by molar-refractivity contribution is 0.598. The predicted octanol–water partition coefficient (Wildman–Crippen LogP) is 1.23. The van der Waals surface area contributed by atoms with E-state index in [9.17, 15) is 0 Å². The average Bonchev–Trinajstić information content (AvgIpc) is 2.97. The van der Waals surface area contributed by atoms with Crippen LogP contribution in [0.25, 0.3) is 0 Å². The molecular formula is C13H19N5. The van der Waals surface area contributed by atoms with Gasteiger partial charge in [-0.25, -0.2) is 4.98 Å². The molecule has 2 aromatic rings. The van der Waals surface area contributed by atoms with Crippen LogP contribution in [0.2, 0.25) is 0 Å². The molecule has 2 aromatic heterocycles. The molecule has 0 aliphatic heterocycles. The monoisotopic (exact) mass is 245 g/mol. The summed E-state index contributed by atoms with van der Waals surface area (Å²) in [7, 11) is 1.99.